The van der Waals surface area contributed by atoms with Gasteiger partial charge >= 0.3 is 6.09 Å². The number of amides is 1. The molecule has 0 aromatic rings. The monoisotopic (exact) mass is 213 g/mol. The molecule has 4 nitrogen and oxygen atoms in total. The molecule has 1 fully saturated rings. The van der Waals surface area contributed by atoms with Gasteiger partial charge in [0.1, 0.15) is 5.60 Å². The van der Waals surface area contributed by atoms with Gasteiger partial charge in [0.2, 0.25) is 0 Å². The number of ketones is 1. The van der Waals surface area contributed by atoms with Crippen molar-refractivity contribution in [1.82, 2.24) is 5.32 Å². The fourth-order valence-electron chi connectivity index (χ4n) is 1.38. The van der Waals surface area contributed by atoms with Gasteiger partial charge in [-0.1, -0.05) is 6.92 Å². The first-order chi connectivity index (χ1) is 6.79. The summed E-state index contributed by atoms with van der Waals surface area (Å²) in [5.74, 6) is 0.742. The van der Waals surface area contributed by atoms with Crippen LogP contribution in [-0.2, 0) is 9.53 Å². The van der Waals surface area contributed by atoms with E-state index in [9.17, 15) is 9.59 Å². The Balaban J connectivity index is 2.20. The number of carbonyl (C=O) groups is 2. The number of carbonyl (C=O) groups excluding carboxylic acids is 2. The van der Waals surface area contributed by atoms with Gasteiger partial charge in [-0.25, -0.2) is 4.79 Å². The van der Waals surface area contributed by atoms with Crippen molar-refractivity contribution in [3.8, 4) is 0 Å². The summed E-state index contributed by atoms with van der Waals surface area (Å²) in [4.78, 5) is 22.6. The molecule has 0 aliphatic heterocycles. The number of rotatable bonds is 3. The Morgan fingerprint density at radius 1 is 1.40 bits per heavy atom. The summed E-state index contributed by atoms with van der Waals surface area (Å²) >= 11 is 0. The van der Waals surface area contributed by atoms with E-state index >= 15 is 0 Å². The molecular weight excluding hydrogens is 194 g/mol. The van der Waals surface area contributed by atoms with Crippen LogP contribution in [0.1, 0.15) is 34.1 Å². The van der Waals surface area contributed by atoms with Gasteiger partial charge in [0.15, 0.2) is 5.78 Å². The molecule has 1 N–H and O–H groups in total. The molecule has 0 spiro atoms. The van der Waals surface area contributed by atoms with Gasteiger partial charge < -0.3 is 10.1 Å². The highest BCUT2D eigenvalue weighted by atomic mass is 16.6. The van der Waals surface area contributed by atoms with Crippen LogP contribution in [0.25, 0.3) is 0 Å². The van der Waals surface area contributed by atoms with Crippen LogP contribution in [0.5, 0.6) is 0 Å². The SMILES string of the molecule is CC1CC1C(=O)CNC(=O)OC(C)(C)C. The maximum atomic E-state index is 11.4. The summed E-state index contributed by atoms with van der Waals surface area (Å²) in [6.07, 6.45) is 0.429. The van der Waals surface area contributed by atoms with E-state index in [1.165, 1.54) is 0 Å². The first-order valence-corrected chi connectivity index (χ1v) is 5.29. The molecule has 0 aromatic carbocycles. The topological polar surface area (TPSA) is 55.4 Å². The predicted octanol–water partition coefficient (Wildman–Crippen LogP) is 1.74. The van der Waals surface area contributed by atoms with E-state index in [2.05, 4.69) is 5.32 Å². The molecule has 0 radical (unpaired) electrons. The molecule has 15 heavy (non-hydrogen) atoms. The number of hydrogen-bond acceptors (Lipinski definition) is 3. The summed E-state index contributed by atoms with van der Waals surface area (Å²) < 4.78 is 5.01. The Hall–Kier alpha value is -1.06. The van der Waals surface area contributed by atoms with E-state index < -0.39 is 11.7 Å². The molecule has 1 aliphatic carbocycles. The molecule has 0 saturated heterocycles. The zero-order valence-corrected chi connectivity index (χ0v) is 9.79. The Morgan fingerprint density at radius 3 is 2.33 bits per heavy atom. The van der Waals surface area contributed by atoms with Gasteiger partial charge in [-0.15, -0.1) is 0 Å². The van der Waals surface area contributed by atoms with Crippen LogP contribution in [0.15, 0.2) is 0 Å². The Morgan fingerprint density at radius 2 is 1.93 bits per heavy atom. The van der Waals surface area contributed by atoms with Gasteiger partial charge in [0.25, 0.3) is 0 Å². The highest BCUT2D eigenvalue weighted by Gasteiger charge is 2.38. The van der Waals surface area contributed by atoms with Crippen LogP contribution in [0.3, 0.4) is 0 Å². The largest absolute Gasteiger partial charge is 0.444 e. The van der Waals surface area contributed by atoms with Crippen molar-refractivity contribution in [2.75, 3.05) is 6.54 Å². The first-order valence-electron chi connectivity index (χ1n) is 5.29. The molecular formula is C11H19NO3. The highest BCUT2D eigenvalue weighted by Crippen LogP contribution is 2.38. The Labute approximate surface area is 90.4 Å². The summed E-state index contributed by atoms with van der Waals surface area (Å²) in [5.41, 5.74) is -0.514. The number of alkyl carbamates (subject to hydrolysis) is 1. The van der Waals surface area contributed by atoms with Crippen LogP contribution in [0.4, 0.5) is 4.79 Å². The highest BCUT2D eigenvalue weighted by molar-refractivity contribution is 5.88. The van der Waals surface area contributed by atoms with Crippen molar-refractivity contribution in [1.29, 1.82) is 0 Å². The molecule has 1 amide bonds. The van der Waals surface area contributed by atoms with Crippen molar-refractivity contribution < 1.29 is 14.3 Å². The van der Waals surface area contributed by atoms with Crippen molar-refractivity contribution in [3.63, 3.8) is 0 Å². The summed E-state index contributed by atoms with van der Waals surface area (Å²) in [6, 6.07) is 0. The number of nitrogens with one attached hydrogen (secondary N) is 1. The Bertz CT molecular complexity index is 267. The summed E-state index contributed by atoms with van der Waals surface area (Å²) in [6.45, 7) is 7.49. The zero-order chi connectivity index (χ0) is 11.6. The van der Waals surface area contributed by atoms with E-state index in [0.717, 1.165) is 6.42 Å². The second kappa shape index (κ2) is 4.21. The minimum Gasteiger partial charge on any atom is -0.444 e. The van der Waals surface area contributed by atoms with Gasteiger partial charge in [-0.3, -0.25) is 4.79 Å². The molecule has 1 rings (SSSR count). The lowest BCUT2D eigenvalue weighted by molar-refractivity contribution is -0.119. The molecule has 0 heterocycles. The molecule has 86 valence electrons. The van der Waals surface area contributed by atoms with Crippen LogP contribution in [-0.4, -0.2) is 24.0 Å². The lowest BCUT2D eigenvalue weighted by Crippen LogP contribution is -2.36. The average molecular weight is 213 g/mol. The molecule has 0 aromatic heterocycles. The van der Waals surface area contributed by atoms with E-state index in [4.69, 9.17) is 4.74 Å². The van der Waals surface area contributed by atoms with Crippen molar-refractivity contribution >= 4 is 11.9 Å². The summed E-state index contributed by atoms with van der Waals surface area (Å²) in [5, 5.41) is 2.47. The number of hydrogen-bond donors (Lipinski definition) is 1. The lowest BCUT2D eigenvalue weighted by atomic mass is 10.2. The van der Waals surface area contributed by atoms with Crippen molar-refractivity contribution in [3.05, 3.63) is 0 Å². The van der Waals surface area contributed by atoms with Crippen LogP contribution >= 0.6 is 0 Å². The van der Waals surface area contributed by atoms with Crippen molar-refractivity contribution in [2.24, 2.45) is 11.8 Å². The second-order valence-corrected chi connectivity index (χ2v) is 5.14. The predicted molar refractivity (Wildman–Crippen MR) is 56.5 cm³/mol. The standard InChI is InChI=1S/C11H19NO3/c1-7-5-8(7)9(13)6-12-10(14)15-11(2,3)4/h7-8H,5-6H2,1-4H3,(H,12,14). The van der Waals surface area contributed by atoms with E-state index in [1.807, 2.05) is 6.92 Å². The third-order valence-electron chi connectivity index (χ3n) is 2.33. The van der Waals surface area contributed by atoms with Crippen LogP contribution in [0.2, 0.25) is 0 Å². The molecule has 1 saturated carbocycles. The van der Waals surface area contributed by atoms with Gasteiger partial charge in [0, 0.05) is 5.92 Å². The minimum atomic E-state index is -0.524. The van der Waals surface area contributed by atoms with Crippen LogP contribution in [0, 0.1) is 11.8 Å². The molecule has 0 bridgehead atoms. The number of ether oxygens (including phenoxy) is 1. The molecule has 2 atom stereocenters. The molecule has 4 heteroatoms. The molecule has 1 aliphatic rings. The minimum absolute atomic E-state index is 0.0872. The fourth-order valence-corrected chi connectivity index (χ4v) is 1.38. The zero-order valence-electron chi connectivity index (χ0n) is 9.79. The smallest absolute Gasteiger partial charge is 0.408 e. The second-order valence-electron chi connectivity index (χ2n) is 5.14. The lowest BCUT2D eigenvalue weighted by Gasteiger charge is -2.19. The number of Topliss-reactive ketones (excluding diaryl/α,β-unsaturated/α-hetero) is 1. The van der Waals surface area contributed by atoms with Gasteiger partial charge in [-0.2, -0.15) is 0 Å². The first kappa shape index (κ1) is 12.0. The van der Waals surface area contributed by atoms with Crippen LogP contribution < -0.4 is 5.32 Å². The van der Waals surface area contributed by atoms with Crippen molar-refractivity contribution in [2.45, 2.75) is 39.7 Å². The maximum Gasteiger partial charge on any atom is 0.408 e. The van der Waals surface area contributed by atoms with E-state index in [0.29, 0.717) is 5.92 Å². The maximum absolute atomic E-state index is 11.4. The Kier molecular flexibility index (Phi) is 3.37. The van der Waals surface area contributed by atoms with E-state index in [-0.39, 0.29) is 18.2 Å². The van der Waals surface area contributed by atoms with E-state index in [1.54, 1.807) is 20.8 Å². The fraction of sp³-hybridized carbons (Fsp3) is 0.818. The third kappa shape index (κ3) is 4.32. The average Bonchev–Trinajstić information content (AvgIpc) is 2.75. The van der Waals surface area contributed by atoms with Gasteiger partial charge in [0.05, 0.1) is 6.54 Å². The normalized spacial score (nSPS) is 24.5. The quantitative estimate of drug-likeness (QED) is 0.776. The molecule has 2 unspecified atom stereocenters. The summed E-state index contributed by atoms with van der Waals surface area (Å²) in [7, 11) is 0. The third-order valence-corrected chi connectivity index (χ3v) is 2.33. The van der Waals surface area contributed by atoms with Gasteiger partial charge in [-0.05, 0) is 33.1 Å².